The normalized spacial score (nSPS) is 12.4. The van der Waals surface area contributed by atoms with Crippen LogP contribution in [0.15, 0.2) is 59.6 Å². The Kier molecular flexibility index (Phi) is 11.8. The summed E-state index contributed by atoms with van der Waals surface area (Å²) < 4.78 is 5.67. The Balaban J connectivity index is 0.00000392. The molecule has 0 bridgehead atoms. The largest absolute Gasteiger partial charge is 0.396 e. The van der Waals surface area contributed by atoms with Crippen LogP contribution in [0.3, 0.4) is 0 Å². The van der Waals surface area contributed by atoms with E-state index in [0.717, 1.165) is 11.1 Å². The second-order valence-electron chi connectivity index (χ2n) is 6.78. The van der Waals surface area contributed by atoms with Gasteiger partial charge in [0, 0.05) is 26.1 Å². The van der Waals surface area contributed by atoms with Gasteiger partial charge in [0.05, 0.1) is 19.3 Å². The molecule has 0 aliphatic carbocycles. The molecular formula is C22H32IN3O2. The first-order valence-corrected chi connectivity index (χ1v) is 9.42. The van der Waals surface area contributed by atoms with Crippen LogP contribution in [0.1, 0.15) is 36.5 Å². The zero-order valence-corrected chi connectivity index (χ0v) is 19.2. The van der Waals surface area contributed by atoms with Crippen LogP contribution in [0.2, 0.25) is 0 Å². The lowest BCUT2D eigenvalue weighted by molar-refractivity contribution is 0.0657. The zero-order chi connectivity index (χ0) is 19.5. The van der Waals surface area contributed by atoms with Gasteiger partial charge in [-0.05, 0) is 30.5 Å². The van der Waals surface area contributed by atoms with Crippen molar-refractivity contribution < 1.29 is 9.84 Å². The second-order valence-corrected chi connectivity index (χ2v) is 6.78. The van der Waals surface area contributed by atoms with Crippen LogP contribution in [-0.4, -0.2) is 37.4 Å². The highest BCUT2D eigenvalue weighted by Crippen LogP contribution is 2.13. The minimum Gasteiger partial charge on any atom is -0.396 e. The quantitative estimate of drug-likeness (QED) is 0.281. The second kappa shape index (κ2) is 13.5. The van der Waals surface area contributed by atoms with Crippen molar-refractivity contribution in [3.8, 4) is 0 Å². The van der Waals surface area contributed by atoms with Gasteiger partial charge in [-0.25, -0.2) is 0 Å². The van der Waals surface area contributed by atoms with E-state index in [0.29, 0.717) is 25.7 Å². The molecule has 0 spiro atoms. The van der Waals surface area contributed by atoms with Gasteiger partial charge in [-0.2, -0.15) is 0 Å². The summed E-state index contributed by atoms with van der Waals surface area (Å²) in [5.74, 6) is 0.745. The lowest BCUT2D eigenvalue weighted by atomic mass is 10.0. The van der Waals surface area contributed by atoms with Gasteiger partial charge in [-0.1, -0.05) is 54.6 Å². The third kappa shape index (κ3) is 8.58. The maximum atomic E-state index is 9.68. The molecule has 5 nitrogen and oxygen atoms in total. The van der Waals surface area contributed by atoms with E-state index in [1.165, 1.54) is 5.56 Å². The van der Waals surface area contributed by atoms with Gasteiger partial charge in [0.25, 0.3) is 0 Å². The molecule has 0 amide bonds. The van der Waals surface area contributed by atoms with Crippen molar-refractivity contribution in [3.63, 3.8) is 0 Å². The first kappa shape index (κ1) is 24.4. The Morgan fingerprint density at radius 2 is 1.75 bits per heavy atom. The molecular weight excluding hydrogens is 465 g/mol. The number of aliphatic hydroxyl groups excluding tert-OH is 1. The molecule has 154 valence electrons. The van der Waals surface area contributed by atoms with E-state index >= 15 is 0 Å². The summed E-state index contributed by atoms with van der Waals surface area (Å²) in [4.78, 5) is 4.27. The molecule has 3 N–H and O–H groups in total. The SMILES string of the molecule is CN=C(NCc1cccc(COC(C)C)c1)NCC(CO)c1ccccc1.I. The van der Waals surface area contributed by atoms with Gasteiger partial charge in [0.2, 0.25) is 0 Å². The summed E-state index contributed by atoms with van der Waals surface area (Å²) in [6.07, 6.45) is 0.221. The van der Waals surface area contributed by atoms with Crippen LogP contribution in [-0.2, 0) is 17.9 Å². The summed E-state index contributed by atoms with van der Waals surface area (Å²) >= 11 is 0. The summed E-state index contributed by atoms with van der Waals surface area (Å²) in [6.45, 7) is 6.07. The van der Waals surface area contributed by atoms with Crippen molar-refractivity contribution in [2.45, 2.75) is 39.0 Å². The van der Waals surface area contributed by atoms with E-state index in [9.17, 15) is 5.11 Å². The van der Waals surface area contributed by atoms with Crippen LogP contribution >= 0.6 is 24.0 Å². The van der Waals surface area contributed by atoms with Gasteiger partial charge in [-0.3, -0.25) is 4.99 Å². The number of aliphatic imine (C=N–C) groups is 1. The molecule has 2 rings (SSSR count). The fourth-order valence-electron chi connectivity index (χ4n) is 2.73. The van der Waals surface area contributed by atoms with E-state index in [2.05, 4.69) is 33.8 Å². The van der Waals surface area contributed by atoms with Gasteiger partial charge in [0.15, 0.2) is 5.96 Å². The van der Waals surface area contributed by atoms with E-state index < -0.39 is 0 Å². The van der Waals surface area contributed by atoms with Gasteiger partial charge in [-0.15, -0.1) is 24.0 Å². The standard InChI is InChI=1S/C22H31N3O2.HI/c1-17(2)27-16-19-9-7-8-18(12-19)13-24-22(23-3)25-14-21(15-26)20-10-5-4-6-11-20;/h4-12,17,21,26H,13-16H2,1-3H3,(H2,23,24,25);1H. The van der Waals surface area contributed by atoms with Crippen molar-refractivity contribution in [1.29, 1.82) is 0 Å². The third-order valence-electron chi connectivity index (χ3n) is 4.27. The Labute approximate surface area is 185 Å². The van der Waals surface area contributed by atoms with Gasteiger partial charge < -0.3 is 20.5 Å². The lowest BCUT2D eigenvalue weighted by Crippen LogP contribution is -2.39. The van der Waals surface area contributed by atoms with Crippen LogP contribution in [0.4, 0.5) is 0 Å². The first-order chi connectivity index (χ1) is 13.1. The molecule has 0 aromatic heterocycles. The molecule has 0 radical (unpaired) electrons. The molecule has 1 atom stereocenters. The number of nitrogens with zero attached hydrogens (tertiary/aromatic N) is 1. The molecule has 0 aliphatic rings. The fraction of sp³-hybridized carbons (Fsp3) is 0.409. The van der Waals surface area contributed by atoms with Crippen LogP contribution in [0.25, 0.3) is 0 Å². The van der Waals surface area contributed by atoms with Gasteiger partial charge >= 0.3 is 0 Å². The highest BCUT2D eigenvalue weighted by molar-refractivity contribution is 14.0. The molecule has 6 heteroatoms. The number of halogens is 1. The van der Waals surface area contributed by atoms with Crippen LogP contribution < -0.4 is 10.6 Å². The van der Waals surface area contributed by atoms with Gasteiger partial charge in [0.1, 0.15) is 0 Å². The number of benzene rings is 2. The average Bonchev–Trinajstić information content (AvgIpc) is 2.70. The van der Waals surface area contributed by atoms with Crippen molar-refractivity contribution in [1.82, 2.24) is 10.6 Å². The number of hydrogen-bond donors (Lipinski definition) is 3. The molecule has 28 heavy (non-hydrogen) atoms. The molecule has 1 unspecified atom stereocenters. The highest BCUT2D eigenvalue weighted by Gasteiger charge is 2.10. The molecule has 0 heterocycles. The predicted octanol–water partition coefficient (Wildman–Crippen LogP) is 3.67. The molecule has 2 aromatic carbocycles. The van der Waals surface area contributed by atoms with Crippen molar-refractivity contribution >= 4 is 29.9 Å². The maximum absolute atomic E-state index is 9.68. The molecule has 0 aliphatic heterocycles. The van der Waals surface area contributed by atoms with Crippen molar-refractivity contribution in [3.05, 3.63) is 71.3 Å². The van der Waals surface area contributed by atoms with E-state index in [1.54, 1.807) is 7.05 Å². The van der Waals surface area contributed by atoms with Crippen LogP contribution in [0.5, 0.6) is 0 Å². The lowest BCUT2D eigenvalue weighted by Gasteiger charge is -2.18. The molecule has 0 fully saturated rings. The summed E-state index contributed by atoms with van der Waals surface area (Å²) in [7, 11) is 1.75. The minimum atomic E-state index is 0. The van der Waals surface area contributed by atoms with Crippen molar-refractivity contribution in [2.75, 3.05) is 20.2 Å². The van der Waals surface area contributed by atoms with Crippen LogP contribution in [0, 0.1) is 0 Å². The zero-order valence-electron chi connectivity index (χ0n) is 16.9. The van der Waals surface area contributed by atoms with E-state index in [4.69, 9.17) is 4.74 Å². The maximum Gasteiger partial charge on any atom is 0.191 e. The number of hydrogen-bond acceptors (Lipinski definition) is 3. The number of rotatable bonds is 9. The summed E-state index contributed by atoms with van der Waals surface area (Å²) in [5.41, 5.74) is 3.45. The highest BCUT2D eigenvalue weighted by atomic mass is 127. The molecule has 0 saturated heterocycles. The number of aliphatic hydroxyl groups is 1. The predicted molar refractivity (Wildman–Crippen MR) is 126 cm³/mol. The summed E-state index contributed by atoms with van der Waals surface area (Å²) in [5, 5.41) is 16.3. The first-order valence-electron chi connectivity index (χ1n) is 9.42. The Morgan fingerprint density at radius 3 is 2.39 bits per heavy atom. The Hall–Kier alpha value is -1.64. The van der Waals surface area contributed by atoms with Crippen molar-refractivity contribution in [2.24, 2.45) is 4.99 Å². The Bertz CT molecular complexity index is 708. The topological polar surface area (TPSA) is 65.9 Å². The smallest absolute Gasteiger partial charge is 0.191 e. The number of ether oxygens (including phenoxy) is 1. The average molecular weight is 497 g/mol. The number of nitrogens with one attached hydrogen (secondary N) is 2. The third-order valence-corrected chi connectivity index (χ3v) is 4.27. The molecule has 0 saturated carbocycles. The molecule has 2 aromatic rings. The van der Waals surface area contributed by atoms with E-state index in [1.807, 2.05) is 50.2 Å². The number of guanidine groups is 1. The Morgan fingerprint density at radius 1 is 1.04 bits per heavy atom. The monoisotopic (exact) mass is 497 g/mol. The summed E-state index contributed by atoms with van der Waals surface area (Å²) in [6, 6.07) is 18.4. The van der Waals surface area contributed by atoms with E-state index in [-0.39, 0.29) is 42.6 Å². The fourth-order valence-corrected chi connectivity index (χ4v) is 2.73. The minimum absolute atomic E-state index is 0.